The number of aromatic nitrogens is 3. The summed E-state index contributed by atoms with van der Waals surface area (Å²) in [6, 6.07) is 15.5. The van der Waals surface area contributed by atoms with Gasteiger partial charge in [0.05, 0.1) is 6.20 Å². The van der Waals surface area contributed by atoms with Crippen LogP contribution in [0, 0.1) is 0 Å². The van der Waals surface area contributed by atoms with Crippen LogP contribution in [0.15, 0.2) is 60.9 Å². The lowest BCUT2D eigenvalue weighted by molar-refractivity contribution is 0.174. The van der Waals surface area contributed by atoms with Gasteiger partial charge in [-0.15, -0.1) is 0 Å². The lowest BCUT2D eigenvalue weighted by Gasteiger charge is -2.09. The van der Waals surface area contributed by atoms with Gasteiger partial charge in [0.1, 0.15) is 5.82 Å². The van der Waals surface area contributed by atoms with Crippen molar-refractivity contribution in [1.29, 1.82) is 0 Å². The van der Waals surface area contributed by atoms with Gasteiger partial charge in [0.25, 0.3) is 0 Å². The van der Waals surface area contributed by atoms with Crippen LogP contribution in [-0.2, 0) is 6.54 Å². The summed E-state index contributed by atoms with van der Waals surface area (Å²) >= 11 is 6.12. The van der Waals surface area contributed by atoms with E-state index in [1.165, 1.54) is 0 Å². The van der Waals surface area contributed by atoms with Gasteiger partial charge in [-0.05, 0) is 41.5 Å². The maximum atomic E-state index is 6.12. The van der Waals surface area contributed by atoms with Crippen molar-refractivity contribution in [2.24, 2.45) is 0 Å². The number of hydrogen-bond acceptors (Lipinski definition) is 5. The van der Waals surface area contributed by atoms with E-state index in [4.69, 9.17) is 21.1 Å². The summed E-state index contributed by atoms with van der Waals surface area (Å²) in [5, 5.41) is 8.59. The average molecular weight is 379 g/mol. The van der Waals surface area contributed by atoms with Crippen LogP contribution in [0.3, 0.4) is 0 Å². The van der Waals surface area contributed by atoms with Gasteiger partial charge in [0.2, 0.25) is 6.79 Å². The molecule has 1 aliphatic rings. The predicted octanol–water partition coefficient (Wildman–Crippen LogP) is 4.39. The van der Waals surface area contributed by atoms with Gasteiger partial charge in [0.15, 0.2) is 17.1 Å². The first-order valence-electron chi connectivity index (χ1n) is 8.49. The van der Waals surface area contributed by atoms with Gasteiger partial charge < -0.3 is 14.8 Å². The Balaban J connectivity index is 1.44. The summed E-state index contributed by atoms with van der Waals surface area (Å²) in [5.74, 6) is 2.41. The summed E-state index contributed by atoms with van der Waals surface area (Å²) < 4.78 is 12.6. The third-order valence-electron chi connectivity index (χ3n) is 4.45. The van der Waals surface area contributed by atoms with E-state index in [2.05, 4.69) is 15.4 Å². The Morgan fingerprint density at radius 1 is 1.07 bits per heavy atom. The maximum absolute atomic E-state index is 6.12. The normalized spacial score (nSPS) is 12.5. The molecule has 0 spiro atoms. The highest BCUT2D eigenvalue weighted by Gasteiger charge is 2.14. The Morgan fingerprint density at radius 2 is 2.00 bits per heavy atom. The molecular formula is C20H15ClN4O2. The lowest BCUT2D eigenvalue weighted by atomic mass is 10.1. The van der Waals surface area contributed by atoms with Gasteiger partial charge in [-0.2, -0.15) is 9.61 Å². The molecule has 6 nitrogen and oxygen atoms in total. The molecule has 2 aromatic heterocycles. The number of nitrogens with one attached hydrogen (secondary N) is 1. The van der Waals surface area contributed by atoms with Crippen LogP contribution in [0.2, 0.25) is 5.02 Å². The van der Waals surface area contributed by atoms with Crippen molar-refractivity contribution in [2.45, 2.75) is 6.54 Å². The van der Waals surface area contributed by atoms with Crippen LogP contribution in [0.25, 0.3) is 16.8 Å². The van der Waals surface area contributed by atoms with Crippen molar-refractivity contribution < 1.29 is 9.47 Å². The second-order valence-corrected chi connectivity index (χ2v) is 6.61. The second-order valence-electron chi connectivity index (χ2n) is 6.18. The SMILES string of the molecule is Clc1cccc(-c2cnn3c(NCc4ccc5c(c4)OCO5)ccnc23)c1. The Kier molecular flexibility index (Phi) is 3.83. The molecule has 0 atom stereocenters. The Hall–Kier alpha value is -3.25. The van der Waals surface area contributed by atoms with Gasteiger partial charge in [-0.1, -0.05) is 29.8 Å². The van der Waals surface area contributed by atoms with Crippen LogP contribution >= 0.6 is 11.6 Å². The molecule has 0 radical (unpaired) electrons. The van der Waals surface area contributed by atoms with E-state index in [0.717, 1.165) is 39.7 Å². The van der Waals surface area contributed by atoms with Crippen molar-refractivity contribution in [2.75, 3.05) is 12.1 Å². The molecule has 4 aromatic rings. The Bertz CT molecular complexity index is 1140. The Morgan fingerprint density at radius 3 is 2.93 bits per heavy atom. The number of benzene rings is 2. The fourth-order valence-corrected chi connectivity index (χ4v) is 3.32. The van der Waals surface area contributed by atoms with Crippen LogP contribution in [0.5, 0.6) is 11.5 Å². The predicted molar refractivity (Wildman–Crippen MR) is 103 cm³/mol. The molecule has 0 saturated carbocycles. The highest BCUT2D eigenvalue weighted by atomic mass is 35.5. The molecule has 0 unspecified atom stereocenters. The molecule has 0 bridgehead atoms. The van der Waals surface area contributed by atoms with Crippen molar-refractivity contribution >= 4 is 23.1 Å². The smallest absolute Gasteiger partial charge is 0.231 e. The first-order chi connectivity index (χ1) is 13.3. The van der Waals surface area contributed by atoms with E-state index in [1.54, 1.807) is 16.9 Å². The van der Waals surface area contributed by atoms with Crippen LogP contribution in [0.4, 0.5) is 5.82 Å². The molecule has 7 heteroatoms. The molecule has 134 valence electrons. The molecule has 0 aliphatic carbocycles. The second kappa shape index (κ2) is 6.48. The number of fused-ring (bicyclic) bond motifs is 2. The van der Waals surface area contributed by atoms with E-state index >= 15 is 0 Å². The minimum absolute atomic E-state index is 0.275. The average Bonchev–Trinajstić information content (AvgIpc) is 3.33. The van der Waals surface area contributed by atoms with Gasteiger partial charge in [-0.25, -0.2) is 4.98 Å². The van der Waals surface area contributed by atoms with Crippen LogP contribution in [0.1, 0.15) is 5.56 Å². The van der Waals surface area contributed by atoms with Gasteiger partial charge in [-0.3, -0.25) is 0 Å². The van der Waals surface area contributed by atoms with E-state index in [9.17, 15) is 0 Å². The fourth-order valence-electron chi connectivity index (χ4n) is 3.13. The summed E-state index contributed by atoms with van der Waals surface area (Å²) in [7, 11) is 0. The largest absolute Gasteiger partial charge is 0.454 e. The fraction of sp³-hybridized carbons (Fsp3) is 0.100. The molecular weight excluding hydrogens is 364 g/mol. The lowest BCUT2D eigenvalue weighted by Crippen LogP contribution is -2.05. The third-order valence-corrected chi connectivity index (χ3v) is 4.68. The molecule has 3 heterocycles. The number of rotatable bonds is 4. The first-order valence-corrected chi connectivity index (χ1v) is 8.87. The van der Waals surface area contributed by atoms with Crippen molar-refractivity contribution in [3.05, 3.63) is 71.5 Å². The van der Waals surface area contributed by atoms with Crippen molar-refractivity contribution in [3.63, 3.8) is 0 Å². The zero-order valence-corrected chi connectivity index (χ0v) is 15.0. The standard InChI is InChI=1S/C20H15ClN4O2/c21-15-3-1-2-14(9-15)16-11-24-25-19(6-7-22-20(16)25)23-10-13-4-5-17-18(8-13)27-12-26-17/h1-9,11,23H,10,12H2. The first kappa shape index (κ1) is 16.0. The van der Waals surface area contributed by atoms with E-state index in [-0.39, 0.29) is 6.79 Å². The monoisotopic (exact) mass is 378 g/mol. The third kappa shape index (κ3) is 2.94. The highest BCUT2D eigenvalue weighted by Crippen LogP contribution is 2.33. The molecule has 27 heavy (non-hydrogen) atoms. The number of anilines is 1. The summed E-state index contributed by atoms with van der Waals surface area (Å²) in [6.07, 6.45) is 3.58. The highest BCUT2D eigenvalue weighted by molar-refractivity contribution is 6.30. The molecule has 1 N–H and O–H groups in total. The van der Waals surface area contributed by atoms with E-state index in [1.807, 2.05) is 48.5 Å². The summed E-state index contributed by atoms with van der Waals surface area (Å²) in [5.41, 5.74) is 3.78. The molecule has 1 aliphatic heterocycles. The van der Waals surface area contributed by atoms with Crippen LogP contribution in [-0.4, -0.2) is 21.4 Å². The summed E-state index contributed by atoms with van der Waals surface area (Å²) in [4.78, 5) is 4.49. The molecule has 5 rings (SSSR count). The summed E-state index contributed by atoms with van der Waals surface area (Å²) in [6.45, 7) is 0.902. The quantitative estimate of drug-likeness (QED) is 0.570. The van der Waals surface area contributed by atoms with E-state index in [0.29, 0.717) is 11.6 Å². The minimum Gasteiger partial charge on any atom is -0.454 e. The molecule has 2 aromatic carbocycles. The molecule has 0 fully saturated rings. The maximum Gasteiger partial charge on any atom is 0.231 e. The minimum atomic E-state index is 0.275. The molecule has 0 saturated heterocycles. The van der Waals surface area contributed by atoms with Gasteiger partial charge >= 0.3 is 0 Å². The van der Waals surface area contributed by atoms with E-state index < -0.39 is 0 Å². The van der Waals surface area contributed by atoms with Crippen LogP contribution < -0.4 is 14.8 Å². The number of nitrogens with zero attached hydrogens (tertiary/aromatic N) is 3. The Labute approximate surface area is 160 Å². The molecule has 0 amide bonds. The zero-order chi connectivity index (χ0) is 18.2. The van der Waals surface area contributed by atoms with Crippen molar-refractivity contribution in [1.82, 2.24) is 14.6 Å². The topological polar surface area (TPSA) is 60.7 Å². The zero-order valence-electron chi connectivity index (χ0n) is 14.2. The number of hydrogen-bond donors (Lipinski definition) is 1. The van der Waals surface area contributed by atoms with Crippen molar-refractivity contribution in [3.8, 4) is 22.6 Å². The number of halogens is 1. The number of ether oxygens (including phenoxy) is 2. The van der Waals surface area contributed by atoms with Gasteiger partial charge in [0, 0.05) is 23.3 Å².